The van der Waals surface area contributed by atoms with Crippen molar-refractivity contribution in [2.45, 2.75) is 32.6 Å². The van der Waals surface area contributed by atoms with Crippen LogP contribution in [-0.4, -0.2) is 32.3 Å². The summed E-state index contributed by atoms with van der Waals surface area (Å²) in [5.41, 5.74) is 1.20. The standard InChI is InChI=1S/C16H25BrN2O2/c1-2-3-11-21-12-5-9-18-16(20)19-10-8-14-6-4-7-15(17)13-14/h4,6-7,13H,2-3,5,8-12H2,1H3,(H2,18,19,20). The number of unbranched alkanes of at least 4 members (excludes halogenated alkanes) is 1. The zero-order valence-electron chi connectivity index (χ0n) is 12.7. The van der Waals surface area contributed by atoms with Gasteiger partial charge >= 0.3 is 6.03 Å². The molecular formula is C16H25BrN2O2. The van der Waals surface area contributed by atoms with E-state index in [1.807, 2.05) is 12.1 Å². The van der Waals surface area contributed by atoms with Gasteiger partial charge in [-0.1, -0.05) is 41.4 Å². The Bertz CT molecular complexity index is 413. The molecule has 0 saturated carbocycles. The van der Waals surface area contributed by atoms with Crippen LogP contribution in [0.15, 0.2) is 28.7 Å². The van der Waals surface area contributed by atoms with E-state index in [1.54, 1.807) is 0 Å². The van der Waals surface area contributed by atoms with Crippen LogP contribution in [0, 0.1) is 0 Å². The molecule has 0 atom stereocenters. The monoisotopic (exact) mass is 356 g/mol. The number of carbonyl (C=O) groups excluding carboxylic acids is 1. The van der Waals surface area contributed by atoms with Crippen LogP contribution < -0.4 is 10.6 Å². The lowest BCUT2D eigenvalue weighted by Crippen LogP contribution is -2.37. The van der Waals surface area contributed by atoms with Gasteiger partial charge in [-0.25, -0.2) is 4.79 Å². The highest BCUT2D eigenvalue weighted by Crippen LogP contribution is 2.11. The van der Waals surface area contributed by atoms with Crippen molar-refractivity contribution in [3.63, 3.8) is 0 Å². The fourth-order valence-electron chi connectivity index (χ4n) is 1.80. The van der Waals surface area contributed by atoms with Crippen molar-refractivity contribution in [2.75, 3.05) is 26.3 Å². The van der Waals surface area contributed by atoms with Gasteiger partial charge in [0.15, 0.2) is 0 Å². The molecule has 0 aliphatic carbocycles. The first kappa shape index (κ1) is 18.0. The molecule has 4 nitrogen and oxygen atoms in total. The predicted molar refractivity (Wildman–Crippen MR) is 89.6 cm³/mol. The smallest absolute Gasteiger partial charge is 0.314 e. The van der Waals surface area contributed by atoms with E-state index in [-0.39, 0.29) is 6.03 Å². The largest absolute Gasteiger partial charge is 0.381 e. The highest BCUT2D eigenvalue weighted by atomic mass is 79.9. The number of halogens is 1. The number of nitrogens with one attached hydrogen (secondary N) is 2. The zero-order valence-corrected chi connectivity index (χ0v) is 14.2. The summed E-state index contributed by atoms with van der Waals surface area (Å²) in [6.45, 7) is 4.95. The Morgan fingerprint density at radius 2 is 1.95 bits per heavy atom. The van der Waals surface area contributed by atoms with Gasteiger partial charge < -0.3 is 15.4 Å². The van der Waals surface area contributed by atoms with Gasteiger partial charge in [0, 0.05) is 30.8 Å². The van der Waals surface area contributed by atoms with Gasteiger partial charge in [-0.2, -0.15) is 0 Å². The van der Waals surface area contributed by atoms with Crippen LogP contribution in [0.3, 0.4) is 0 Å². The maximum atomic E-state index is 11.6. The van der Waals surface area contributed by atoms with E-state index >= 15 is 0 Å². The molecule has 118 valence electrons. The SMILES string of the molecule is CCCCOCCCNC(=O)NCCc1cccc(Br)c1. The summed E-state index contributed by atoms with van der Waals surface area (Å²) in [6.07, 6.45) is 3.93. The van der Waals surface area contributed by atoms with E-state index < -0.39 is 0 Å². The zero-order chi connectivity index (χ0) is 15.3. The Kier molecular flexibility index (Phi) is 9.91. The van der Waals surface area contributed by atoms with Crippen molar-refractivity contribution in [3.8, 4) is 0 Å². The summed E-state index contributed by atoms with van der Waals surface area (Å²) in [5.74, 6) is 0. The molecule has 1 aromatic carbocycles. The number of benzene rings is 1. The fourth-order valence-corrected chi connectivity index (χ4v) is 2.25. The molecule has 1 aromatic rings. The normalized spacial score (nSPS) is 10.4. The van der Waals surface area contributed by atoms with E-state index in [0.717, 1.165) is 36.8 Å². The molecule has 2 N–H and O–H groups in total. The summed E-state index contributed by atoms with van der Waals surface area (Å²) >= 11 is 3.44. The molecule has 2 amide bonds. The number of hydrogen-bond acceptors (Lipinski definition) is 2. The van der Waals surface area contributed by atoms with Crippen LogP contribution in [0.4, 0.5) is 4.79 Å². The highest BCUT2D eigenvalue weighted by molar-refractivity contribution is 9.10. The lowest BCUT2D eigenvalue weighted by atomic mass is 10.1. The summed E-state index contributed by atoms with van der Waals surface area (Å²) in [6, 6.07) is 7.99. The quantitative estimate of drug-likeness (QED) is 0.630. The van der Waals surface area contributed by atoms with Gasteiger partial charge in [0.2, 0.25) is 0 Å². The van der Waals surface area contributed by atoms with Crippen LogP contribution in [0.1, 0.15) is 31.7 Å². The molecule has 0 fully saturated rings. The molecule has 0 aliphatic rings. The van der Waals surface area contributed by atoms with Crippen molar-refractivity contribution in [1.82, 2.24) is 10.6 Å². The summed E-state index contributed by atoms with van der Waals surface area (Å²) in [5, 5.41) is 5.69. The van der Waals surface area contributed by atoms with Gasteiger partial charge in [0.25, 0.3) is 0 Å². The van der Waals surface area contributed by atoms with E-state index in [1.165, 1.54) is 5.56 Å². The fraction of sp³-hybridized carbons (Fsp3) is 0.562. The number of carbonyl (C=O) groups is 1. The first-order valence-corrected chi connectivity index (χ1v) is 8.35. The molecule has 1 rings (SSSR count). The average Bonchev–Trinajstić information content (AvgIpc) is 2.46. The second kappa shape index (κ2) is 11.6. The van der Waals surface area contributed by atoms with Gasteiger partial charge in [0.05, 0.1) is 0 Å². The summed E-state index contributed by atoms with van der Waals surface area (Å²) < 4.78 is 6.49. The van der Waals surface area contributed by atoms with Gasteiger partial charge in [0.1, 0.15) is 0 Å². The van der Waals surface area contributed by atoms with Crippen molar-refractivity contribution in [1.29, 1.82) is 0 Å². The molecule has 0 aromatic heterocycles. The van der Waals surface area contributed by atoms with Crippen LogP contribution in [0.2, 0.25) is 0 Å². The van der Waals surface area contributed by atoms with Crippen molar-refractivity contribution in [3.05, 3.63) is 34.3 Å². The number of rotatable bonds is 10. The molecule has 0 radical (unpaired) electrons. The number of amides is 2. The topological polar surface area (TPSA) is 50.4 Å². The second-order valence-corrected chi connectivity index (χ2v) is 5.80. The average molecular weight is 357 g/mol. The molecule has 0 unspecified atom stereocenters. The maximum Gasteiger partial charge on any atom is 0.314 e. The van der Waals surface area contributed by atoms with E-state index in [4.69, 9.17) is 4.74 Å². The lowest BCUT2D eigenvalue weighted by molar-refractivity contribution is 0.129. The third-order valence-electron chi connectivity index (χ3n) is 2.98. The third-order valence-corrected chi connectivity index (χ3v) is 3.47. The molecule has 0 heterocycles. The Morgan fingerprint density at radius 3 is 2.71 bits per heavy atom. The Labute approximate surface area is 135 Å². The predicted octanol–water partition coefficient (Wildman–Crippen LogP) is 3.50. The van der Waals surface area contributed by atoms with Gasteiger partial charge in [-0.3, -0.25) is 0 Å². The van der Waals surface area contributed by atoms with Gasteiger partial charge in [-0.05, 0) is 37.0 Å². The third kappa shape index (κ3) is 9.47. The van der Waals surface area contributed by atoms with E-state index in [9.17, 15) is 4.79 Å². The van der Waals surface area contributed by atoms with E-state index in [0.29, 0.717) is 19.7 Å². The minimum Gasteiger partial charge on any atom is -0.381 e. The molecule has 5 heteroatoms. The minimum atomic E-state index is -0.112. The van der Waals surface area contributed by atoms with Crippen LogP contribution >= 0.6 is 15.9 Å². The first-order valence-electron chi connectivity index (χ1n) is 7.56. The van der Waals surface area contributed by atoms with Crippen LogP contribution in [-0.2, 0) is 11.2 Å². The maximum absolute atomic E-state index is 11.6. The molecule has 0 aliphatic heterocycles. The first-order chi connectivity index (χ1) is 10.2. The second-order valence-electron chi connectivity index (χ2n) is 4.88. The molecule has 0 spiro atoms. The lowest BCUT2D eigenvalue weighted by Gasteiger charge is -2.08. The van der Waals surface area contributed by atoms with Crippen molar-refractivity contribution >= 4 is 22.0 Å². The molecule has 0 saturated heterocycles. The Morgan fingerprint density at radius 1 is 1.19 bits per heavy atom. The minimum absolute atomic E-state index is 0.112. The Hall–Kier alpha value is -1.07. The Balaban J connectivity index is 1.99. The number of hydrogen-bond donors (Lipinski definition) is 2. The molecular weight excluding hydrogens is 332 g/mol. The van der Waals surface area contributed by atoms with Crippen LogP contribution in [0.5, 0.6) is 0 Å². The summed E-state index contributed by atoms with van der Waals surface area (Å²) in [7, 11) is 0. The number of ether oxygens (including phenoxy) is 1. The van der Waals surface area contributed by atoms with E-state index in [2.05, 4.69) is 45.6 Å². The van der Waals surface area contributed by atoms with Gasteiger partial charge in [-0.15, -0.1) is 0 Å². The van der Waals surface area contributed by atoms with Crippen molar-refractivity contribution < 1.29 is 9.53 Å². The molecule has 0 bridgehead atoms. The molecule has 21 heavy (non-hydrogen) atoms. The number of urea groups is 1. The van der Waals surface area contributed by atoms with Crippen molar-refractivity contribution in [2.24, 2.45) is 0 Å². The highest BCUT2D eigenvalue weighted by Gasteiger charge is 1.99. The summed E-state index contributed by atoms with van der Waals surface area (Å²) in [4.78, 5) is 11.6. The van der Waals surface area contributed by atoms with Crippen LogP contribution in [0.25, 0.3) is 0 Å².